The van der Waals surface area contributed by atoms with Gasteiger partial charge in [0.15, 0.2) is 0 Å². The predicted octanol–water partition coefficient (Wildman–Crippen LogP) is 1.94. The number of thiophene rings is 1. The van der Waals surface area contributed by atoms with Crippen molar-refractivity contribution in [1.29, 1.82) is 0 Å². The lowest BCUT2D eigenvalue weighted by Crippen LogP contribution is -2.35. The molecule has 1 aromatic heterocycles. The molecule has 2 heterocycles. The molecule has 6 heteroatoms. The molecule has 0 radical (unpaired) electrons. The monoisotopic (exact) mass is 262 g/mol. The molecule has 0 saturated carbocycles. The van der Waals surface area contributed by atoms with Crippen LogP contribution in [0, 0.1) is 0 Å². The topological polar surface area (TPSA) is 52.6 Å². The van der Waals surface area contributed by atoms with Crippen LogP contribution in [-0.2, 0) is 19.0 Å². The Hall–Kier alpha value is -0.430. The molecule has 1 fully saturated rings. The van der Waals surface area contributed by atoms with Crippen molar-refractivity contribution in [2.45, 2.75) is 24.2 Å². The largest absolute Gasteiger partial charge is 0.375 e. The van der Waals surface area contributed by atoms with Crippen molar-refractivity contribution in [3.8, 4) is 0 Å². The molecule has 4 nitrogen and oxygen atoms in total. The zero-order chi connectivity index (χ0) is 11.6. The van der Waals surface area contributed by atoms with E-state index in [0.29, 0.717) is 13.0 Å². The lowest BCUT2D eigenvalue weighted by Gasteiger charge is -2.28. The van der Waals surface area contributed by atoms with Gasteiger partial charge in [-0.2, -0.15) is 19.8 Å². The lowest BCUT2D eigenvalue weighted by atomic mass is 10.1. The molecule has 1 aromatic rings. The number of methoxy groups -OCH3 is 1. The molecule has 0 aliphatic carbocycles. The van der Waals surface area contributed by atoms with E-state index in [0.717, 1.165) is 12.0 Å². The van der Waals surface area contributed by atoms with Gasteiger partial charge in [0.05, 0.1) is 6.61 Å². The van der Waals surface area contributed by atoms with Crippen LogP contribution in [0.15, 0.2) is 16.8 Å². The van der Waals surface area contributed by atoms with Crippen molar-refractivity contribution >= 4 is 21.5 Å². The smallest absolute Gasteiger partial charge is 0.273 e. The summed E-state index contributed by atoms with van der Waals surface area (Å²) in [6, 6.07) is 1.89. The van der Waals surface area contributed by atoms with Gasteiger partial charge < -0.3 is 4.74 Å². The first-order chi connectivity index (χ1) is 7.65. The van der Waals surface area contributed by atoms with Crippen LogP contribution in [0.2, 0.25) is 0 Å². The second-order valence-electron chi connectivity index (χ2n) is 3.71. The number of hydrogen-bond acceptors (Lipinski definition) is 5. The van der Waals surface area contributed by atoms with Gasteiger partial charge in [0, 0.05) is 7.11 Å². The normalized spacial score (nSPS) is 26.4. The molecule has 1 aliphatic rings. The summed E-state index contributed by atoms with van der Waals surface area (Å²) in [5, 5.41) is 3.25. The highest BCUT2D eigenvalue weighted by Gasteiger charge is 2.38. The molecule has 90 valence electrons. The minimum absolute atomic E-state index is 0.291. The third kappa shape index (κ3) is 2.29. The third-order valence-electron chi connectivity index (χ3n) is 2.71. The van der Waals surface area contributed by atoms with E-state index in [9.17, 15) is 8.42 Å². The van der Waals surface area contributed by atoms with Crippen molar-refractivity contribution in [1.82, 2.24) is 0 Å². The first-order valence-corrected chi connectivity index (χ1v) is 7.49. The van der Waals surface area contributed by atoms with E-state index in [4.69, 9.17) is 8.92 Å². The number of rotatable bonds is 3. The van der Waals surface area contributed by atoms with Gasteiger partial charge in [-0.1, -0.05) is 0 Å². The van der Waals surface area contributed by atoms with E-state index < -0.39 is 21.5 Å². The first kappa shape index (κ1) is 12.0. The lowest BCUT2D eigenvalue weighted by molar-refractivity contribution is 0.0853. The fourth-order valence-electron chi connectivity index (χ4n) is 1.93. The van der Waals surface area contributed by atoms with Crippen LogP contribution in [-0.4, -0.2) is 27.4 Å². The molecule has 0 spiro atoms. The Bertz CT molecular complexity index is 424. The summed E-state index contributed by atoms with van der Waals surface area (Å²) in [6.07, 6.45) is 0.932. The predicted molar refractivity (Wildman–Crippen MR) is 62.0 cm³/mol. The molecule has 0 aromatic carbocycles. The molecule has 2 rings (SSSR count). The molecule has 0 amide bonds. The van der Waals surface area contributed by atoms with Gasteiger partial charge in [-0.15, -0.1) is 0 Å². The van der Waals surface area contributed by atoms with Crippen molar-refractivity contribution in [3.63, 3.8) is 0 Å². The Kier molecular flexibility index (Phi) is 3.63. The Morgan fingerprint density at radius 2 is 2.44 bits per heavy atom. The molecule has 0 bridgehead atoms. The van der Waals surface area contributed by atoms with Crippen molar-refractivity contribution in [3.05, 3.63) is 22.4 Å². The van der Waals surface area contributed by atoms with Crippen LogP contribution < -0.4 is 0 Å². The van der Waals surface area contributed by atoms with Gasteiger partial charge >= 0.3 is 0 Å². The number of hydrogen-bond donors (Lipinski definition) is 0. The minimum Gasteiger partial charge on any atom is -0.375 e. The summed E-state index contributed by atoms with van der Waals surface area (Å²) in [5.74, 6) is 0. The Labute approximate surface area is 99.3 Å². The van der Waals surface area contributed by atoms with Crippen molar-refractivity contribution in [2.24, 2.45) is 0 Å². The maximum absolute atomic E-state index is 11.8. The Morgan fingerprint density at radius 1 is 1.62 bits per heavy atom. The molecule has 2 unspecified atom stereocenters. The van der Waals surface area contributed by atoms with Crippen LogP contribution in [0.4, 0.5) is 0 Å². The zero-order valence-electron chi connectivity index (χ0n) is 8.96. The number of ether oxygens (including phenoxy) is 1. The molecule has 1 saturated heterocycles. The van der Waals surface area contributed by atoms with Gasteiger partial charge in [-0.05, 0) is 35.2 Å². The van der Waals surface area contributed by atoms with Crippen molar-refractivity contribution in [2.75, 3.05) is 13.7 Å². The summed E-state index contributed by atoms with van der Waals surface area (Å²) in [5.41, 5.74) is 0.909. The summed E-state index contributed by atoms with van der Waals surface area (Å²) < 4.78 is 33.7. The van der Waals surface area contributed by atoms with Crippen LogP contribution in [0.5, 0.6) is 0 Å². The summed E-state index contributed by atoms with van der Waals surface area (Å²) in [4.78, 5) is 0. The second-order valence-corrected chi connectivity index (χ2v) is 6.32. The van der Waals surface area contributed by atoms with Crippen LogP contribution in [0.25, 0.3) is 0 Å². The summed E-state index contributed by atoms with van der Waals surface area (Å²) in [6.45, 7) is 0.291. The maximum atomic E-state index is 11.8. The Balaban J connectivity index is 2.27. The fourth-order valence-corrected chi connectivity index (χ4v) is 4.17. The molecule has 0 N–H and O–H groups in total. The van der Waals surface area contributed by atoms with E-state index in [1.165, 1.54) is 18.4 Å². The van der Waals surface area contributed by atoms with E-state index in [1.54, 1.807) is 0 Å². The zero-order valence-corrected chi connectivity index (χ0v) is 10.6. The molecular formula is C10H14O4S2. The van der Waals surface area contributed by atoms with Crippen molar-refractivity contribution < 1.29 is 17.3 Å². The first-order valence-electron chi connectivity index (χ1n) is 5.08. The molecule has 16 heavy (non-hydrogen) atoms. The highest BCUT2D eigenvalue weighted by atomic mass is 32.2. The van der Waals surface area contributed by atoms with Gasteiger partial charge in [-0.25, -0.2) is 0 Å². The third-order valence-corrected chi connectivity index (χ3v) is 5.14. The SMILES string of the molecule is COC(c1ccsc1)C1CCCOS1(=O)=O. The van der Waals surface area contributed by atoms with E-state index in [1.807, 2.05) is 16.8 Å². The van der Waals surface area contributed by atoms with Gasteiger partial charge in [0.2, 0.25) is 0 Å². The quantitative estimate of drug-likeness (QED) is 0.781. The van der Waals surface area contributed by atoms with Gasteiger partial charge in [-0.3, -0.25) is 4.18 Å². The highest BCUT2D eigenvalue weighted by Crippen LogP contribution is 2.33. The van der Waals surface area contributed by atoms with Crippen LogP contribution >= 0.6 is 11.3 Å². The van der Waals surface area contributed by atoms with E-state index in [-0.39, 0.29) is 0 Å². The average Bonchev–Trinajstić information content (AvgIpc) is 2.75. The standard InChI is InChI=1S/C10H14O4S2/c1-13-10(8-4-6-15-7-8)9-3-2-5-14-16(9,11)12/h4,6-7,9-10H,2-3,5H2,1H3. The molecule has 1 aliphatic heterocycles. The minimum atomic E-state index is -3.48. The summed E-state index contributed by atoms with van der Waals surface area (Å²) >= 11 is 1.53. The fraction of sp³-hybridized carbons (Fsp3) is 0.600. The molecule has 2 atom stereocenters. The van der Waals surface area contributed by atoms with E-state index in [2.05, 4.69) is 0 Å². The maximum Gasteiger partial charge on any atom is 0.273 e. The van der Waals surface area contributed by atoms with Crippen LogP contribution in [0.3, 0.4) is 0 Å². The van der Waals surface area contributed by atoms with Gasteiger partial charge in [0.25, 0.3) is 10.1 Å². The second kappa shape index (κ2) is 4.83. The van der Waals surface area contributed by atoms with Crippen LogP contribution in [0.1, 0.15) is 24.5 Å². The Morgan fingerprint density at radius 3 is 3.00 bits per heavy atom. The van der Waals surface area contributed by atoms with E-state index >= 15 is 0 Å². The molecular weight excluding hydrogens is 248 g/mol. The average molecular weight is 262 g/mol. The summed E-state index contributed by atoms with van der Waals surface area (Å²) in [7, 11) is -1.95. The van der Waals surface area contributed by atoms with Gasteiger partial charge in [0.1, 0.15) is 11.4 Å². The highest BCUT2D eigenvalue weighted by molar-refractivity contribution is 7.87.